The molecule has 0 aliphatic carbocycles. The molecule has 13 heavy (non-hydrogen) atoms. The van der Waals surface area contributed by atoms with Gasteiger partial charge >= 0.3 is 0 Å². The molecule has 0 amide bonds. The maximum atomic E-state index is 5.63. The highest BCUT2D eigenvalue weighted by Gasteiger charge is 2.17. The Bertz CT molecular complexity index is 336. The summed E-state index contributed by atoms with van der Waals surface area (Å²) in [6.45, 7) is 1.86. The van der Waals surface area contributed by atoms with E-state index in [1.54, 1.807) is 0 Å². The predicted octanol–water partition coefficient (Wildman–Crippen LogP) is 1.02. The molecule has 1 N–H and O–H groups in total. The molecular weight excluding hydrogens is 162 g/mol. The molecule has 1 aliphatic rings. The van der Waals surface area contributed by atoms with E-state index in [-0.39, 0.29) is 0 Å². The van der Waals surface area contributed by atoms with Gasteiger partial charge in [0.2, 0.25) is 0 Å². The number of hydrogen-bond donors (Lipinski definition) is 1. The second-order valence-corrected chi connectivity index (χ2v) is 3.07. The standard InChI is InChI=1S/C11H11NO/c1-2-9-4-3-5-10(6-9)13-11-7-12-8-11/h1,3-6,11-12H,7-8H2. The van der Waals surface area contributed by atoms with Crippen LogP contribution in [0.25, 0.3) is 0 Å². The number of rotatable bonds is 2. The zero-order chi connectivity index (χ0) is 9.10. The van der Waals surface area contributed by atoms with Gasteiger partial charge in [0.15, 0.2) is 0 Å². The van der Waals surface area contributed by atoms with Crippen LogP contribution in [0, 0.1) is 12.3 Å². The van der Waals surface area contributed by atoms with E-state index in [4.69, 9.17) is 11.2 Å². The SMILES string of the molecule is C#Cc1cccc(OC2CNC2)c1. The summed E-state index contributed by atoms with van der Waals surface area (Å²) in [5, 5.41) is 3.14. The average Bonchev–Trinajstić information content (AvgIpc) is 2.12. The number of terminal acetylenes is 1. The van der Waals surface area contributed by atoms with Gasteiger partial charge in [-0.3, -0.25) is 0 Å². The lowest BCUT2D eigenvalue weighted by Crippen LogP contribution is -2.50. The van der Waals surface area contributed by atoms with E-state index < -0.39 is 0 Å². The summed E-state index contributed by atoms with van der Waals surface area (Å²) >= 11 is 0. The summed E-state index contributed by atoms with van der Waals surface area (Å²) in [6.07, 6.45) is 5.59. The Balaban J connectivity index is 2.07. The van der Waals surface area contributed by atoms with Crippen molar-refractivity contribution in [1.82, 2.24) is 5.32 Å². The zero-order valence-corrected chi connectivity index (χ0v) is 7.29. The van der Waals surface area contributed by atoms with E-state index in [1.807, 2.05) is 24.3 Å². The summed E-state index contributed by atoms with van der Waals surface area (Å²) in [5.74, 6) is 3.44. The largest absolute Gasteiger partial charge is 0.488 e. The molecule has 0 atom stereocenters. The van der Waals surface area contributed by atoms with Crippen LogP contribution in [-0.4, -0.2) is 19.2 Å². The van der Waals surface area contributed by atoms with Gasteiger partial charge in [0.25, 0.3) is 0 Å². The van der Waals surface area contributed by atoms with Crippen LogP contribution < -0.4 is 10.1 Å². The molecule has 0 saturated carbocycles. The van der Waals surface area contributed by atoms with Crippen molar-refractivity contribution in [1.29, 1.82) is 0 Å². The number of benzene rings is 1. The molecule has 66 valence electrons. The van der Waals surface area contributed by atoms with Crippen LogP contribution in [-0.2, 0) is 0 Å². The van der Waals surface area contributed by atoms with Gasteiger partial charge in [-0.05, 0) is 18.2 Å². The Labute approximate surface area is 77.9 Å². The van der Waals surface area contributed by atoms with Crippen molar-refractivity contribution >= 4 is 0 Å². The van der Waals surface area contributed by atoms with E-state index in [2.05, 4.69) is 11.2 Å². The third-order valence-electron chi connectivity index (χ3n) is 2.05. The van der Waals surface area contributed by atoms with Crippen LogP contribution in [0.15, 0.2) is 24.3 Å². The van der Waals surface area contributed by atoms with Crippen molar-refractivity contribution in [3.63, 3.8) is 0 Å². The van der Waals surface area contributed by atoms with E-state index >= 15 is 0 Å². The zero-order valence-electron chi connectivity index (χ0n) is 7.29. The van der Waals surface area contributed by atoms with Crippen molar-refractivity contribution < 1.29 is 4.74 Å². The molecule has 1 aromatic carbocycles. The Morgan fingerprint density at radius 2 is 2.31 bits per heavy atom. The third-order valence-corrected chi connectivity index (χ3v) is 2.05. The summed E-state index contributed by atoms with van der Waals surface area (Å²) in [4.78, 5) is 0. The van der Waals surface area contributed by atoms with Crippen LogP contribution in [0.4, 0.5) is 0 Å². The third kappa shape index (κ3) is 1.82. The van der Waals surface area contributed by atoms with Gasteiger partial charge in [0, 0.05) is 18.7 Å². The van der Waals surface area contributed by atoms with Crippen molar-refractivity contribution in [2.24, 2.45) is 0 Å². The van der Waals surface area contributed by atoms with Crippen LogP contribution in [0.1, 0.15) is 5.56 Å². The average molecular weight is 173 g/mol. The smallest absolute Gasteiger partial charge is 0.123 e. The first kappa shape index (κ1) is 8.15. The van der Waals surface area contributed by atoms with Crippen molar-refractivity contribution in [3.8, 4) is 18.1 Å². The lowest BCUT2D eigenvalue weighted by Gasteiger charge is -2.27. The van der Waals surface area contributed by atoms with Crippen LogP contribution in [0.5, 0.6) is 5.75 Å². The number of ether oxygens (including phenoxy) is 1. The second-order valence-electron chi connectivity index (χ2n) is 3.07. The highest BCUT2D eigenvalue weighted by molar-refractivity contribution is 5.38. The fourth-order valence-corrected chi connectivity index (χ4v) is 1.20. The van der Waals surface area contributed by atoms with Gasteiger partial charge in [-0.1, -0.05) is 12.0 Å². The second kappa shape index (κ2) is 3.51. The first-order chi connectivity index (χ1) is 6.38. The maximum absolute atomic E-state index is 5.63. The van der Waals surface area contributed by atoms with Crippen molar-refractivity contribution in [2.45, 2.75) is 6.10 Å². The van der Waals surface area contributed by atoms with Crippen LogP contribution in [0.3, 0.4) is 0 Å². The molecule has 1 aromatic rings. The molecule has 2 heteroatoms. The van der Waals surface area contributed by atoms with Gasteiger partial charge in [-0.15, -0.1) is 6.42 Å². The molecule has 2 nitrogen and oxygen atoms in total. The van der Waals surface area contributed by atoms with Crippen LogP contribution in [0.2, 0.25) is 0 Å². The van der Waals surface area contributed by atoms with Gasteiger partial charge < -0.3 is 10.1 Å². The molecule has 0 radical (unpaired) electrons. The molecule has 1 fully saturated rings. The molecule has 0 aromatic heterocycles. The summed E-state index contributed by atoms with van der Waals surface area (Å²) in [6, 6.07) is 7.62. The molecule has 0 spiro atoms. The van der Waals surface area contributed by atoms with Gasteiger partial charge in [-0.25, -0.2) is 0 Å². The summed E-state index contributed by atoms with van der Waals surface area (Å²) in [7, 11) is 0. The lowest BCUT2D eigenvalue weighted by atomic mass is 10.2. The Morgan fingerprint density at radius 3 is 2.92 bits per heavy atom. The minimum Gasteiger partial charge on any atom is -0.488 e. The molecule has 2 rings (SSSR count). The van der Waals surface area contributed by atoms with Crippen molar-refractivity contribution in [3.05, 3.63) is 29.8 Å². The fraction of sp³-hybridized carbons (Fsp3) is 0.273. The Hall–Kier alpha value is -1.46. The first-order valence-electron chi connectivity index (χ1n) is 4.32. The molecule has 0 bridgehead atoms. The van der Waals surface area contributed by atoms with Crippen molar-refractivity contribution in [2.75, 3.05) is 13.1 Å². The maximum Gasteiger partial charge on any atom is 0.123 e. The number of nitrogens with one attached hydrogen (secondary N) is 1. The molecule has 1 saturated heterocycles. The lowest BCUT2D eigenvalue weighted by molar-refractivity contribution is 0.142. The van der Waals surface area contributed by atoms with E-state index in [0.29, 0.717) is 6.10 Å². The Morgan fingerprint density at radius 1 is 1.46 bits per heavy atom. The molecule has 1 heterocycles. The molecule has 0 unspecified atom stereocenters. The highest BCUT2D eigenvalue weighted by Crippen LogP contribution is 2.15. The van der Waals surface area contributed by atoms with E-state index in [0.717, 1.165) is 24.4 Å². The summed E-state index contributed by atoms with van der Waals surface area (Å²) < 4.78 is 5.63. The predicted molar refractivity (Wildman–Crippen MR) is 51.7 cm³/mol. The normalized spacial score (nSPS) is 15.9. The highest BCUT2D eigenvalue weighted by atomic mass is 16.5. The van der Waals surface area contributed by atoms with Gasteiger partial charge in [0.1, 0.15) is 11.9 Å². The number of hydrogen-bond acceptors (Lipinski definition) is 2. The quantitative estimate of drug-likeness (QED) is 0.674. The minimum absolute atomic E-state index is 0.313. The van der Waals surface area contributed by atoms with Crippen LogP contribution >= 0.6 is 0 Å². The summed E-state index contributed by atoms with van der Waals surface area (Å²) in [5.41, 5.74) is 0.866. The van der Waals surface area contributed by atoms with E-state index in [1.165, 1.54) is 0 Å². The monoisotopic (exact) mass is 173 g/mol. The van der Waals surface area contributed by atoms with E-state index in [9.17, 15) is 0 Å². The van der Waals surface area contributed by atoms with Gasteiger partial charge in [0.05, 0.1) is 0 Å². The molecule has 1 aliphatic heterocycles. The topological polar surface area (TPSA) is 21.3 Å². The Kier molecular flexibility index (Phi) is 2.20. The minimum atomic E-state index is 0.313. The molecular formula is C11H11NO. The first-order valence-corrected chi connectivity index (χ1v) is 4.32. The van der Waals surface area contributed by atoms with Gasteiger partial charge in [-0.2, -0.15) is 0 Å². The fourth-order valence-electron chi connectivity index (χ4n) is 1.20.